The number of carbonyl (C=O) groups excluding carboxylic acids is 1. The van der Waals surface area contributed by atoms with E-state index in [2.05, 4.69) is 10.0 Å². The Morgan fingerprint density at radius 3 is 2.33 bits per heavy atom. The van der Waals surface area contributed by atoms with Crippen molar-refractivity contribution in [1.29, 1.82) is 5.26 Å². The van der Waals surface area contributed by atoms with E-state index >= 15 is 0 Å². The molecular weight excluding hydrogens is 254 g/mol. The maximum absolute atomic E-state index is 11.6. The van der Waals surface area contributed by atoms with Crippen molar-refractivity contribution in [3.05, 3.63) is 29.8 Å². The van der Waals surface area contributed by atoms with Crippen molar-refractivity contribution in [1.82, 2.24) is 10.0 Å². The average molecular weight is 267 g/mol. The second-order valence-electron chi connectivity index (χ2n) is 3.56. The van der Waals surface area contributed by atoms with Gasteiger partial charge in [-0.15, -0.1) is 0 Å². The number of rotatable bonds is 4. The van der Waals surface area contributed by atoms with E-state index in [1.54, 1.807) is 6.92 Å². The van der Waals surface area contributed by atoms with Crippen LogP contribution in [0.3, 0.4) is 0 Å². The molecule has 0 aliphatic rings. The molecule has 6 nitrogen and oxygen atoms in total. The molecule has 7 heteroatoms. The normalized spacial score (nSPS) is 12.5. The molecule has 0 bridgehead atoms. The summed E-state index contributed by atoms with van der Waals surface area (Å²) in [5, 5.41) is 11.0. The van der Waals surface area contributed by atoms with E-state index in [1.165, 1.54) is 31.3 Å². The number of carbonyl (C=O) groups is 1. The number of nitrogens with zero attached hydrogens (tertiary/aromatic N) is 1. The third kappa shape index (κ3) is 3.29. The van der Waals surface area contributed by atoms with Gasteiger partial charge in [-0.3, -0.25) is 4.79 Å². The summed E-state index contributed by atoms with van der Waals surface area (Å²) in [5.74, 6) is -0.419. The topological polar surface area (TPSA) is 99.1 Å². The summed E-state index contributed by atoms with van der Waals surface area (Å²) in [7, 11) is -2.19. The molecule has 18 heavy (non-hydrogen) atoms. The summed E-state index contributed by atoms with van der Waals surface area (Å²) in [6, 6.07) is 6.72. The molecule has 0 saturated carbocycles. The second-order valence-corrected chi connectivity index (χ2v) is 5.44. The third-order valence-electron chi connectivity index (χ3n) is 2.24. The lowest BCUT2D eigenvalue weighted by molar-refractivity contribution is 0.0947. The van der Waals surface area contributed by atoms with Crippen molar-refractivity contribution in [3.8, 4) is 6.07 Å². The largest absolute Gasteiger partial charge is 0.337 e. The van der Waals surface area contributed by atoms with Gasteiger partial charge in [0.2, 0.25) is 10.0 Å². The van der Waals surface area contributed by atoms with E-state index in [1.807, 2.05) is 6.07 Å². The van der Waals surface area contributed by atoms with E-state index in [-0.39, 0.29) is 4.90 Å². The number of hydrogen-bond acceptors (Lipinski definition) is 4. The van der Waals surface area contributed by atoms with Gasteiger partial charge in [-0.05, 0) is 38.2 Å². The van der Waals surface area contributed by atoms with Gasteiger partial charge in [-0.1, -0.05) is 0 Å². The van der Waals surface area contributed by atoms with Crippen LogP contribution >= 0.6 is 0 Å². The van der Waals surface area contributed by atoms with Gasteiger partial charge < -0.3 is 5.32 Å². The molecule has 1 aromatic carbocycles. The number of nitrogens with one attached hydrogen (secondary N) is 2. The van der Waals surface area contributed by atoms with Crippen LogP contribution < -0.4 is 10.0 Å². The molecule has 96 valence electrons. The first-order valence-electron chi connectivity index (χ1n) is 5.15. The van der Waals surface area contributed by atoms with Crippen molar-refractivity contribution in [2.24, 2.45) is 0 Å². The van der Waals surface area contributed by atoms with E-state index in [4.69, 9.17) is 5.26 Å². The third-order valence-corrected chi connectivity index (χ3v) is 3.67. The molecular formula is C11H13N3O3S. The summed E-state index contributed by atoms with van der Waals surface area (Å²) in [4.78, 5) is 11.7. The quantitative estimate of drug-likeness (QED) is 0.816. The molecule has 0 aliphatic carbocycles. The van der Waals surface area contributed by atoms with Crippen LogP contribution in [-0.2, 0) is 10.0 Å². The maximum Gasteiger partial charge on any atom is 0.252 e. The van der Waals surface area contributed by atoms with Crippen molar-refractivity contribution >= 4 is 15.9 Å². The highest BCUT2D eigenvalue weighted by Gasteiger charge is 2.13. The summed E-state index contributed by atoms with van der Waals surface area (Å²) < 4.78 is 25.1. The van der Waals surface area contributed by atoms with E-state index in [9.17, 15) is 13.2 Å². The molecule has 0 spiro atoms. The first-order chi connectivity index (χ1) is 8.40. The minimum atomic E-state index is -3.50. The number of nitriles is 1. The van der Waals surface area contributed by atoms with Crippen LogP contribution in [0.25, 0.3) is 0 Å². The van der Waals surface area contributed by atoms with Gasteiger partial charge in [-0.2, -0.15) is 5.26 Å². The Balaban J connectivity index is 2.91. The molecule has 0 saturated heterocycles. The molecule has 0 heterocycles. The van der Waals surface area contributed by atoms with Gasteiger partial charge >= 0.3 is 0 Å². The van der Waals surface area contributed by atoms with E-state index < -0.39 is 22.0 Å². The van der Waals surface area contributed by atoms with E-state index in [0.29, 0.717) is 5.56 Å². The number of amides is 1. The number of hydrogen-bond donors (Lipinski definition) is 2. The monoisotopic (exact) mass is 267 g/mol. The standard InChI is InChI=1S/C11H13N3O3S/c1-8(7-12)14-11(15)9-3-5-10(6-4-9)18(16,17)13-2/h3-6,8,13H,1-2H3,(H,14,15)/t8-/m1/s1. The predicted octanol–water partition coefficient (Wildman–Crippen LogP) is 0.237. The molecule has 0 unspecified atom stereocenters. The lowest BCUT2D eigenvalue weighted by atomic mass is 10.2. The number of benzene rings is 1. The summed E-state index contributed by atoms with van der Waals surface area (Å²) in [6.45, 7) is 1.55. The molecule has 1 rings (SSSR count). The van der Waals surface area contributed by atoms with Crippen LogP contribution in [-0.4, -0.2) is 27.4 Å². The molecule has 2 N–H and O–H groups in total. The fourth-order valence-corrected chi connectivity index (χ4v) is 1.95. The molecule has 0 radical (unpaired) electrons. The second kappa shape index (κ2) is 5.62. The highest BCUT2D eigenvalue weighted by atomic mass is 32.2. The van der Waals surface area contributed by atoms with Gasteiger partial charge in [0.25, 0.3) is 5.91 Å². The Bertz CT molecular complexity index is 573. The Labute approximate surface area is 106 Å². The minimum Gasteiger partial charge on any atom is -0.337 e. The van der Waals surface area contributed by atoms with Crippen LogP contribution in [0, 0.1) is 11.3 Å². The van der Waals surface area contributed by atoms with Crippen LogP contribution in [0.2, 0.25) is 0 Å². The molecule has 1 amide bonds. The fraction of sp³-hybridized carbons (Fsp3) is 0.273. The van der Waals surface area contributed by atoms with Crippen molar-refractivity contribution in [3.63, 3.8) is 0 Å². The first-order valence-corrected chi connectivity index (χ1v) is 6.63. The first kappa shape index (κ1) is 14.2. The SMILES string of the molecule is CNS(=O)(=O)c1ccc(C(=O)N[C@H](C)C#N)cc1. The van der Waals surface area contributed by atoms with Gasteiger partial charge in [-0.25, -0.2) is 13.1 Å². The zero-order valence-electron chi connectivity index (χ0n) is 9.97. The smallest absolute Gasteiger partial charge is 0.252 e. The summed E-state index contributed by atoms with van der Waals surface area (Å²) >= 11 is 0. The Hall–Kier alpha value is -1.91. The van der Waals surface area contributed by atoms with Gasteiger partial charge in [0.15, 0.2) is 0 Å². The Morgan fingerprint density at radius 1 is 1.33 bits per heavy atom. The lowest BCUT2D eigenvalue weighted by Gasteiger charge is -2.07. The molecule has 0 fully saturated rings. The number of sulfonamides is 1. The Morgan fingerprint density at radius 2 is 1.89 bits per heavy atom. The molecule has 0 aliphatic heterocycles. The molecule has 1 aromatic rings. The zero-order valence-corrected chi connectivity index (χ0v) is 10.8. The summed E-state index contributed by atoms with van der Waals surface area (Å²) in [6.07, 6.45) is 0. The van der Waals surface area contributed by atoms with Crippen LogP contribution in [0.1, 0.15) is 17.3 Å². The predicted molar refractivity (Wildman–Crippen MR) is 65.2 cm³/mol. The van der Waals surface area contributed by atoms with Crippen molar-refractivity contribution in [2.45, 2.75) is 17.9 Å². The minimum absolute atomic E-state index is 0.0786. The highest BCUT2D eigenvalue weighted by molar-refractivity contribution is 7.89. The van der Waals surface area contributed by atoms with Gasteiger partial charge in [0.1, 0.15) is 6.04 Å². The average Bonchev–Trinajstić information content (AvgIpc) is 2.38. The van der Waals surface area contributed by atoms with Gasteiger partial charge in [0, 0.05) is 5.56 Å². The molecule has 1 atom stereocenters. The highest BCUT2D eigenvalue weighted by Crippen LogP contribution is 2.10. The van der Waals surface area contributed by atoms with Gasteiger partial charge in [0.05, 0.1) is 11.0 Å². The zero-order chi connectivity index (χ0) is 13.8. The van der Waals surface area contributed by atoms with Crippen LogP contribution in [0.4, 0.5) is 0 Å². The van der Waals surface area contributed by atoms with Crippen molar-refractivity contribution < 1.29 is 13.2 Å². The van der Waals surface area contributed by atoms with Crippen LogP contribution in [0.5, 0.6) is 0 Å². The van der Waals surface area contributed by atoms with Crippen molar-refractivity contribution in [2.75, 3.05) is 7.05 Å². The lowest BCUT2D eigenvalue weighted by Crippen LogP contribution is -2.31. The summed E-state index contributed by atoms with van der Waals surface area (Å²) in [5.41, 5.74) is 0.298. The Kier molecular flexibility index (Phi) is 4.42. The maximum atomic E-state index is 11.6. The fourth-order valence-electron chi connectivity index (χ4n) is 1.22. The molecule has 0 aromatic heterocycles. The van der Waals surface area contributed by atoms with E-state index in [0.717, 1.165) is 0 Å². The van der Waals surface area contributed by atoms with Crippen LogP contribution in [0.15, 0.2) is 29.2 Å².